The van der Waals surface area contributed by atoms with Crippen LogP contribution in [0.5, 0.6) is 0 Å². The van der Waals surface area contributed by atoms with Gasteiger partial charge in [-0.05, 0) is 0 Å². The molecule has 0 aromatic carbocycles. The molecule has 0 atom stereocenters. The smallest absolute Gasteiger partial charge is 0.394 e. The minimum Gasteiger partial charge on any atom is -0.693 e. The summed E-state index contributed by atoms with van der Waals surface area (Å²) in [6, 6.07) is 0. The van der Waals surface area contributed by atoms with E-state index in [0.717, 1.165) is 0 Å². The minimum atomic E-state index is -4.67. The van der Waals surface area contributed by atoms with Crippen molar-refractivity contribution in [2.75, 3.05) is 0 Å². The Morgan fingerprint density at radius 3 is 0.818 bits per heavy atom. The topological polar surface area (TPSA) is 240 Å². The monoisotopic (exact) mass is 243 g/mol. The van der Waals surface area contributed by atoms with Crippen LogP contribution < -0.4 is 0 Å². The molecule has 0 saturated heterocycles. The Kier molecular flexibility index (Phi) is 135. The average Bonchev–Trinajstić information content (AvgIpc) is 0.722. The molecule has 11 heavy (non-hydrogen) atoms. The second-order valence-corrected chi connectivity index (χ2v) is 1.34. The third-order valence-corrected chi connectivity index (χ3v) is 0. The molecule has 0 rings (SSSR count). The quantitative estimate of drug-likeness (QED) is 0.472. The third-order valence-electron chi connectivity index (χ3n) is 0. The van der Waals surface area contributed by atoms with Crippen LogP contribution in [0.2, 0.25) is 0 Å². The van der Waals surface area contributed by atoms with Gasteiger partial charge in [0.15, 0.2) is 0 Å². The van der Waals surface area contributed by atoms with Gasteiger partial charge in [0.25, 0.3) is 0 Å². The number of hydrogen-bond donors (Lipinski definition) is 2. The van der Waals surface area contributed by atoms with E-state index >= 15 is 0 Å². The molecule has 0 aliphatic carbocycles. The second-order valence-electron chi connectivity index (χ2n) is 0.448. The Morgan fingerprint density at radius 2 is 0.818 bits per heavy atom. The van der Waals surface area contributed by atoms with Crippen LogP contribution >= 0.6 is 0 Å². The first-order chi connectivity index (χ1) is 2.00. The average molecular weight is 244 g/mol. The van der Waals surface area contributed by atoms with Crippen molar-refractivity contribution in [3.05, 3.63) is 24.6 Å². The number of hydrogen-bond acceptors (Lipinski definition) is 2. The number of rotatable bonds is 0. The Balaban J connectivity index is -0.00000000533. The van der Waals surface area contributed by atoms with E-state index in [1.54, 1.807) is 0 Å². The van der Waals surface area contributed by atoms with Crippen molar-refractivity contribution in [2.24, 2.45) is 0 Å². The molecule has 0 saturated carbocycles. The summed E-state index contributed by atoms with van der Waals surface area (Å²) in [4.78, 5) is 0. The van der Waals surface area contributed by atoms with Gasteiger partial charge in [-0.2, -0.15) is 8.42 Å². The first-order valence-electron chi connectivity index (χ1n) is 0.698. The van der Waals surface area contributed by atoms with Gasteiger partial charge in [0, 0.05) is 17.1 Å². The van der Waals surface area contributed by atoms with Gasteiger partial charge in [-0.25, -0.2) is 0 Å². The first-order valence-corrected chi connectivity index (χ1v) is 2.10. The molecule has 0 aromatic rings. The van der Waals surface area contributed by atoms with E-state index in [4.69, 9.17) is 17.5 Å². The van der Waals surface area contributed by atoms with Crippen LogP contribution in [0.1, 0.15) is 0 Å². The van der Waals surface area contributed by atoms with E-state index in [1.165, 1.54) is 0 Å². The summed E-state index contributed by atoms with van der Waals surface area (Å²) < 4.78 is 31.6. The molecule has 0 fully saturated rings. The molecule has 0 spiro atoms. The van der Waals surface area contributed by atoms with Gasteiger partial charge in [0.2, 0.25) is 0 Å². The molecule has 1 radical (unpaired) electrons. The summed E-state index contributed by atoms with van der Waals surface area (Å²) in [5, 5.41) is 0. The summed E-state index contributed by atoms with van der Waals surface area (Å²) in [5.41, 5.74) is 0. The van der Waals surface area contributed by atoms with Crippen LogP contribution in [0.25, 0.3) is 24.6 Å². The zero-order valence-corrected chi connectivity index (χ0v) is 6.99. The van der Waals surface area contributed by atoms with Crippen molar-refractivity contribution >= 4 is 10.4 Å². The maximum absolute atomic E-state index is 8.74. The summed E-state index contributed by atoms with van der Waals surface area (Å²) in [5.74, 6) is 0. The maximum Gasteiger partial charge on any atom is 0.394 e. The van der Waals surface area contributed by atoms with Crippen molar-refractivity contribution < 1.29 is 40.1 Å². The van der Waals surface area contributed by atoms with Gasteiger partial charge in [-0.15, -0.1) is 0 Å². The molecular formula is H12CuN4O5S-4. The van der Waals surface area contributed by atoms with E-state index in [0.29, 0.717) is 0 Å². The maximum atomic E-state index is 8.74. The van der Waals surface area contributed by atoms with Crippen LogP contribution in [0.4, 0.5) is 0 Å². The summed E-state index contributed by atoms with van der Waals surface area (Å²) in [7, 11) is -4.67. The summed E-state index contributed by atoms with van der Waals surface area (Å²) in [6.45, 7) is 0. The molecule has 0 aromatic heterocycles. The fraction of sp³-hybridized carbons (Fsp3) is 0. The Bertz CT molecular complexity index is 102. The van der Waals surface area contributed by atoms with Gasteiger partial charge in [0.05, 0.1) is 0 Å². The first kappa shape index (κ1) is 66.2. The Morgan fingerprint density at radius 1 is 0.818 bits per heavy atom. The third kappa shape index (κ3) is 19000. The zero-order valence-electron chi connectivity index (χ0n) is 5.23. The van der Waals surface area contributed by atoms with Gasteiger partial charge >= 0.3 is 10.4 Å². The molecule has 0 bridgehead atoms. The van der Waals surface area contributed by atoms with Gasteiger partial charge < -0.3 is 30.1 Å². The van der Waals surface area contributed by atoms with E-state index in [9.17, 15) is 0 Å². The van der Waals surface area contributed by atoms with Crippen molar-refractivity contribution in [1.82, 2.24) is 0 Å². The Labute approximate surface area is 75.6 Å². The molecule has 12 N–H and O–H groups in total. The molecular weight excluding hydrogens is 232 g/mol. The van der Waals surface area contributed by atoms with Crippen molar-refractivity contribution in [3.8, 4) is 0 Å². The van der Waals surface area contributed by atoms with Crippen LogP contribution in [0, 0.1) is 0 Å². The Hall–Kier alpha value is 0.189. The second kappa shape index (κ2) is 22.5. The van der Waals surface area contributed by atoms with E-state index in [-0.39, 0.29) is 47.1 Å². The predicted octanol–water partition coefficient (Wildman–Crippen LogP) is 1.39. The van der Waals surface area contributed by atoms with Crippen LogP contribution in [0.3, 0.4) is 0 Å². The minimum absolute atomic E-state index is 0. The molecule has 0 unspecified atom stereocenters. The largest absolute Gasteiger partial charge is 0.693 e. The zero-order chi connectivity index (χ0) is 4.50. The molecule has 11 heteroatoms. The molecule has 0 amide bonds. The van der Waals surface area contributed by atoms with E-state index in [1.807, 2.05) is 0 Å². The van der Waals surface area contributed by atoms with Crippen molar-refractivity contribution in [3.63, 3.8) is 0 Å². The molecule has 0 aliphatic rings. The molecule has 0 aliphatic heterocycles. The molecule has 9 nitrogen and oxygen atoms in total. The standard InChI is InChI=1S/Cu.4H2N.H2O4S.H2O/c;;;;;1-5(2,3)4;/h;4*1H2;(H2,1,2,3,4);1H2/q;4*-1;;. The fourth-order valence-corrected chi connectivity index (χ4v) is 0. The summed E-state index contributed by atoms with van der Waals surface area (Å²) >= 11 is 0. The van der Waals surface area contributed by atoms with Gasteiger partial charge in [0.1, 0.15) is 0 Å². The van der Waals surface area contributed by atoms with Gasteiger partial charge in [-0.1, -0.05) is 0 Å². The van der Waals surface area contributed by atoms with Crippen molar-refractivity contribution in [2.45, 2.75) is 0 Å². The van der Waals surface area contributed by atoms with E-state index < -0.39 is 10.4 Å². The van der Waals surface area contributed by atoms with Crippen LogP contribution in [-0.2, 0) is 27.5 Å². The normalized spacial score (nSPS) is 5.27. The predicted molar refractivity (Wildman–Crippen MR) is 38.9 cm³/mol. The van der Waals surface area contributed by atoms with Crippen LogP contribution in [0.15, 0.2) is 0 Å². The molecule has 0 heterocycles. The van der Waals surface area contributed by atoms with Crippen molar-refractivity contribution in [1.29, 1.82) is 0 Å². The van der Waals surface area contributed by atoms with Crippen LogP contribution in [-0.4, -0.2) is 23.0 Å². The van der Waals surface area contributed by atoms with Gasteiger partial charge in [-0.3, -0.25) is 9.11 Å². The SMILES string of the molecule is O.O=S(=O)(O)O.[Cu].[NH2-].[NH2-].[NH2-].[NH2-]. The number of nitrogens with two attached hydrogens (primary N) is 4. The van der Waals surface area contributed by atoms with E-state index in [2.05, 4.69) is 0 Å². The molecule has 83 valence electrons. The fourth-order valence-electron chi connectivity index (χ4n) is 0. The summed E-state index contributed by atoms with van der Waals surface area (Å²) in [6.07, 6.45) is 0.